The van der Waals surface area contributed by atoms with Gasteiger partial charge in [0.1, 0.15) is 12.2 Å². The number of pyridine rings is 1. The molecule has 0 spiro atoms. The van der Waals surface area contributed by atoms with Crippen molar-refractivity contribution in [3.05, 3.63) is 35.7 Å². The number of carbonyl (C=O) groups is 2. The molecule has 0 atom stereocenters. The average molecular weight is 446 g/mol. The number of esters is 1. The van der Waals surface area contributed by atoms with Crippen LogP contribution in [0.15, 0.2) is 28.9 Å². The molecule has 0 unspecified atom stereocenters. The van der Waals surface area contributed by atoms with Crippen molar-refractivity contribution < 1.29 is 27.5 Å². The smallest absolute Gasteiger partial charge is 0.309 e. The van der Waals surface area contributed by atoms with E-state index in [0.29, 0.717) is 44.0 Å². The van der Waals surface area contributed by atoms with E-state index >= 15 is 0 Å². The molecule has 3 aromatic heterocycles. The van der Waals surface area contributed by atoms with Crippen LogP contribution in [0.3, 0.4) is 0 Å². The molecule has 1 amide bonds. The number of alkyl halides is 2. The van der Waals surface area contributed by atoms with Crippen LogP contribution < -0.4 is 0 Å². The summed E-state index contributed by atoms with van der Waals surface area (Å²) in [4.78, 5) is 31.0. The number of aryl methyl sites for hydroxylation is 1. The number of aromatic nitrogens is 3. The first-order valence-electron chi connectivity index (χ1n) is 10.5. The van der Waals surface area contributed by atoms with Gasteiger partial charge in [0.25, 0.3) is 6.43 Å². The third-order valence-electron chi connectivity index (χ3n) is 5.67. The average Bonchev–Trinajstić information content (AvgIpc) is 3.42. The van der Waals surface area contributed by atoms with Gasteiger partial charge in [-0.05, 0) is 44.9 Å². The predicted octanol–water partition coefficient (Wildman–Crippen LogP) is 3.74. The second-order valence-electron chi connectivity index (χ2n) is 7.72. The molecule has 0 saturated carbocycles. The molecule has 1 saturated heterocycles. The van der Waals surface area contributed by atoms with E-state index in [0.717, 1.165) is 0 Å². The molecule has 1 aliphatic heterocycles. The van der Waals surface area contributed by atoms with Crippen molar-refractivity contribution in [3.63, 3.8) is 0 Å². The largest absolute Gasteiger partial charge is 0.466 e. The van der Waals surface area contributed by atoms with Gasteiger partial charge in [0, 0.05) is 18.7 Å². The Morgan fingerprint density at radius 3 is 2.69 bits per heavy atom. The number of hydrogen-bond donors (Lipinski definition) is 0. The van der Waals surface area contributed by atoms with Crippen LogP contribution in [0.4, 0.5) is 8.78 Å². The van der Waals surface area contributed by atoms with Gasteiger partial charge in [-0.3, -0.25) is 9.59 Å². The summed E-state index contributed by atoms with van der Waals surface area (Å²) >= 11 is 0. The van der Waals surface area contributed by atoms with Crippen LogP contribution in [-0.2, 0) is 20.9 Å². The molecule has 8 nitrogen and oxygen atoms in total. The molecule has 4 heterocycles. The van der Waals surface area contributed by atoms with Gasteiger partial charge < -0.3 is 14.1 Å². The van der Waals surface area contributed by atoms with Gasteiger partial charge in [0.2, 0.25) is 5.91 Å². The summed E-state index contributed by atoms with van der Waals surface area (Å²) in [6, 6.07) is 4.58. The Morgan fingerprint density at radius 1 is 1.31 bits per heavy atom. The van der Waals surface area contributed by atoms with Crippen LogP contribution in [0.5, 0.6) is 0 Å². The number of hydrogen-bond acceptors (Lipinski definition) is 6. The number of piperidine rings is 1. The first-order valence-corrected chi connectivity index (χ1v) is 10.5. The normalized spacial score (nSPS) is 15.0. The van der Waals surface area contributed by atoms with Crippen molar-refractivity contribution in [3.8, 4) is 11.5 Å². The van der Waals surface area contributed by atoms with Crippen LogP contribution in [0.2, 0.25) is 0 Å². The Labute approximate surface area is 183 Å². The molecule has 0 aliphatic carbocycles. The number of amides is 1. The van der Waals surface area contributed by atoms with Gasteiger partial charge in [0.05, 0.1) is 29.9 Å². The molecule has 1 fully saturated rings. The molecule has 170 valence electrons. The van der Waals surface area contributed by atoms with Gasteiger partial charge >= 0.3 is 5.97 Å². The lowest BCUT2D eigenvalue weighted by molar-refractivity contribution is -0.151. The predicted molar refractivity (Wildman–Crippen MR) is 111 cm³/mol. The van der Waals surface area contributed by atoms with Gasteiger partial charge in [-0.15, -0.1) is 0 Å². The second-order valence-corrected chi connectivity index (χ2v) is 7.72. The highest BCUT2D eigenvalue weighted by Gasteiger charge is 2.29. The Bertz CT molecular complexity index is 1120. The number of nitrogens with zero attached hydrogens (tertiary/aromatic N) is 4. The molecule has 4 rings (SSSR count). The van der Waals surface area contributed by atoms with E-state index in [1.54, 1.807) is 30.9 Å². The summed E-state index contributed by atoms with van der Waals surface area (Å²) in [6.45, 7) is 4.43. The van der Waals surface area contributed by atoms with Crippen molar-refractivity contribution in [2.24, 2.45) is 5.92 Å². The van der Waals surface area contributed by atoms with E-state index in [1.807, 2.05) is 0 Å². The molecule has 32 heavy (non-hydrogen) atoms. The van der Waals surface area contributed by atoms with Crippen LogP contribution in [0.25, 0.3) is 22.5 Å². The van der Waals surface area contributed by atoms with Gasteiger partial charge in [0.15, 0.2) is 11.4 Å². The monoisotopic (exact) mass is 446 g/mol. The second kappa shape index (κ2) is 9.05. The topological polar surface area (TPSA) is 90.5 Å². The number of likely N-dealkylation sites (tertiary alicyclic amines) is 1. The standard InChI is InChI=1S/C22H24F2N4O4/c1-3-31-22(30)14-6-8-27(9-7-14)18(29)12-28-21-19(13(2)26-28)15(20(23)24)11-16(25-21)17-5-4-10-32-17/h4-5,10-11,14,20H,3,6-9,12H2,1-2H3. The molecule has 0 radical (unpaired) electrons. The molecular weight excluding hydrogens is 422 g/mol. The summed E-state index contributed by atoms with van der Waals surface area (Å²) in [6.07, 6.45) is -0.238. The van der Waals surface area contributed by atoms with Crippen molar-refractivity contribution in [2.75, 3.05) is 19.7 Å². The summed E-state index contributed by atoms with van der Waals surface area (Å²) in [5, 5.41) is 4.57. The zero-order valence-corrected chi connectivity index (χ0v) is 17.9. The highest BCUT2D eigenvalue weighted by Crippen LogP contribution is 2.33. The minimum atomic E-state index is -2.73. The lowest BCUT2D eigenvalue weighted by Gasteiger charge is -2.30. The van der Waals surface area contributed by atoms with E-state index in [-0.39, 0.29) is 46.6 Å². The Hall–Kier alpha value is -3.30. The lowest BCUT2D eigenvalue weighted by Crippen LogP contribution is -2.42. The Balaban J connectivity index is 1.58. The lowest BCUT2D eigenvalue weighted by atomic mass is 9.97. The Kier molecular flexibility index (Phi) is 6.20. The van der Waals surface area contributed by atoms with Crippen molar-refractivity contribution in [1.82, 2.24) is 19.7 Å². The SMILES string of the molecule is CCOC(=O)C1CCN(C(=O)Cn2nc(C)c3c(C(F)F)cc(-c4ccco4)nc32)CC1. The van der Waals surface area contributed by atoms with Gasteiger partial charge in [-0.1, -0.05) is 0 Å². The van der Waals surface area contributed by atoms with Crippen molar-refractivity contribution in [2.45, 2.75) is 39.7 Å². The maximum atomic E-state index is 13.8. The molecule has 10 heteroatoms. The van der Waals surface area contributed by atoms with Crippen LogP contribution in [0.1, 0.15) is 37.4 Å². The number of furan rings is 1. The van der Waals surface area contributed by atoms with Crippen molar-refractivity contribution >= 4 is 22.9 Å². The maximum absolute atomic E-state index is 13.8. The number of fused-ring (bicyclic) bond motifs is 1. The van der Waals surface area contributed by atoms with Crippen molar-refractivity contribution in [1.29, 1.82) is 0 Å². The van der Waals surface area contributed by atoms with Gasteiger partial charge in [-0.25, -0.2) is 18.4 Å². The summed E-state index contributed by atoms with van der Waals surface area (Å²) in [5.74, 6) is -0.299. The quantitative estimate of drug-likeness (QED) is 0.536. The minimum absolute atomic E-state index is 0.133. The zero-order valence-electron chi connectivity index (χ0n) is 17.9. The first kappa shape index (κ1) is 21.9. The van der Waals surface area contributed by atoms with Crippen LogP contribution >= 0.6 is 0 Å². The molecule has 0 bridgehead atoms. The molecule has 1 aliphatic rings. The van der Waals surface area contributed by atoms with Gasteiger partial charge in [-0.2, -0.15) is 5.10 Å². The summed E-state index contributed by atoms with van der Waals surface area (Å²) in [7, 11) is 0. The van der Waals surface area contributed by atoms with E-state index in [1.165, 1.54) is 17.0 Å². The molecule has 0 N–H and O–H groups in total. The fourth-order valence-corrected chi connectivity index (χ4v) is 4.07. The number of carbonyl (C=O) groups excluding carboxylic acids is 2. The highest BCUT2D eigenvalue weighted by molar-refractivity contribution is 5.86. The molecular formula is C22H24F2N4O4. The van der Waals surface area contributed by atoms with Crippen LogP contribution in [-0.4, -0.2) is 51.2 Å². The van der Waals surface area contributed by atoms with E-state index < -0.39 is 6.43 Å². The minimum Gasteiger partial charge on any atom is -0.466 e. The molecule has 0 aromatic carbocycles. The summed E-state index contributed by atoms with van der Waals surface area (Å²) in [5.41, 5.74) is 0.638. The maximum Gasteiger partial charge on any atom is 0.309 e. The van der Waals surface area contributed by atoms with E-state index in [2.05, 4.69) is 10.1 Å². The number of rotatable bonds is 6. The molecule has 3 aromatic rings. The zero-order chi connectivity index (χ0) is 22.8. The first-order chi connectivity index (χ1) is 15.4. The third kappa shape index (κ3) is 4.21. The third-order valence-corrected chi connectivity index (χ3v) is 5.67. The highest BCUT2D eigenvalue weighted by atomic mass is 19.3. The Morgan fingerprint density at radius 2 is 2.06 bits per heavy atom. The number of halogens is 2. The van der Waals surface area contributed by atoms with E-state index in [4.69, 9.17) is 9.15 Å². The fourth-order valence-electron chi connectivity index (χ4n) is 4.07. The fraction of sp³-hybridized carbons (Fsp3) is 0.455. The van der Waals surface area contributed by atoms with Crippen LogP contribution in [0, 0.1) is 12.8 Å². The summed E-state index contributed by atoms with van der Waals surface area (Å²) < 4.78 is 39.4. The number of ether oxygens (including phenoxy) is 1. The van der Waals surface area contributed by atoms with E-state index in [9.17, 15) is 18.4 Å².